The van der Waals surface area contributed by atoms with Gasteiger partial charge < -0.3 is 0 Å². The Labute approximate surface area is 57.3 Å². The molecule has 0 nitrogen and oxygen atoms in total. The van der Waals surface area contributed by atoms with E-state index in [1.807, 2.05) is 0 Å². The molecule has 50 valence electrons. The van der Waals surface area contributed by atoms with E-state index in [4.69, 9.17) is 0 Å². The van der Waals surface area contributed by atoms with Crippen molar-refractivity contribution in [2.75, 3.05) is 0 Å². The van der Waals surface area contributed by atoms with E-state index in [2.05, 4.69) is 27.0 Å². The number of hydrogen-bond donors (Lipinski definition) is 0. The van der Waals surface area contributed by atoms with Crippen LogP contribution in [0.1, 0.15) is 26.7 Å². The summed E-state index contributed by atoms with van der Waals surface area (Å²) < 4.78 is 0. The minimum atomic E-state index is 0.439. The standard InChI is InChI=1S/C9H14/c1-7-5-9(3,4)6-8(7)2/h1-2,5-6H2,3-4H3. The molecule has 9 heavy (non-hydrogen) atoms. The van der Waals surface area contributed by atoms with Gasteiger partial charge in [0, 0.05) is 0 Å². The Balaban J connectivity index is 2.76. The summed E-state index contributed by atoms with van der Waals surface area (Å²) in [5.41, 5.74) is 2.94. The lowest BCUT2D eigenvalue weighted by Crippen LogP contribution is -2.02. The summed E-state index contributed by atoms with van der Waals surface area (Å²) in [7, 11) is 0. The van der Waals surface area contributed by atoms with Crippen LogP contribution in [0.2, 0.25) is 0 Å². The van der Waals surface area contributed by atoms with Crippen LogP contribution in [-0.2, 0) is 0 Å². The lowest BCUT2D eigenvalue weighted by atomic mass is 9.91. The molecule has 1 saturated carbocycles. The highest BCUT2D eigenvalue weighted by molar-refractivity contribution is 5.32. The van der Waals surface area contributed by atoms with Gasteiger partial charge in [-0.1, -0.05) is 38.2 Å². The minimum absolute atomic E-state index is 0.439. The highest BCUT2D eigenvalue weighted by Gasteiger charge is 2.27. The third-order valence-corrected chi connectivity index (χ3v) is 1.88. The van der Waals surface area contributed by atoms with Crippen LogP contribution in [-0.4, -0.2) is 0 Å². The molecule has 0 spiro atoms. The zero-order valence-corrected chi connectivity index (χ0v) is 6.33. The largest absolute Gasteiger partial charge is 0.0956 e. The second-order valence-corrected chi connectivity index (χ2v) is 3.72. The van der Waals surface area contributed by atoms with E-state index in [1.165, 1.54) is 11.1 Å². The van der Waals surface area contributed by atoms with Crippen LogP contribution in [0.3, 0.4) is 0 Å². The number of allylic oxidation sites excluding steroid dienone is 2. The number of rotatable bonds is 0. The molecule has 0 bridgehead atoms. The van der Waals surface area contributed by atoms with E-state index in [0.717, 1.165) is 12.8 Å². The smallest absolute Gasteiger partial charge is 0.0227 e. The van der Waals surface area contributed by atoms with Gasteiger partial charge in [0.15, 0.2) is 0 Å². The summed E-state index contributed by atoms with van der Waals surface area (Å²) in [5.74, 6) is 0. The topological polar surface area (TPSA) is 0 Å². The zero-order chi connectivity index (χ0) is 7.07. The van der Waals surface area contributed by atoms with Crippen molar-refractivity contribution in [3.05, 3.63) is 24.3 Å². The van der Waals surface area contributed by atoms with Crippen molar-refractivity contribution >= 4 is 0 Å². The molecule has 1 aliphatic rings. The molecular formula is C9H14. The van der Waals surface area contributed by atoms with Crippen molar-refractivity contribution in [1.82, 2.24) is 0 Å². The SMILES string of the molecule is C=C1CC(C)(C)CC1=C. The molecule has 0 saturated heterocycles. The Morgan fingerprint density at radius 1 is 1.11 bits per heavy atom. The van der Waals surface area contributed by atoms with Crippen molar-refractivity contribution in [3.63, 3.8) is 0 Å². The maximum Gasteiger partial charge on any atom is -0.0227 e. The van der Waals surface area contributed by atoms with Crippen LogP contribution in [0.15, 0.2) is 24.3 Å². The van der Waals surface area contributed by atoms with Crippen molar-refractivity contribution in [1.29, 1.82) is 0 Å². The van der Waals surface area contributed by atoms with Gasteiger partial charge in [-0.2, -0.15) is 0 Å². The van der Waals surface area contributed by atoms with E-state index >= 15 is 0 Å². The Bertz CT molecular complexity index is 143. The fourth-order valence-electron chi connectivity index (χ4n) is 1.47. The minimum Gasteiger partial charge on any atom is -0.0956 e. The Morgan fingerprint density at radius 2 is 1.44 bits per heavy atom. The quantitative estimate of drug-likeness (QED) is 0.463. The van der Waals surface area contributed by atoms with Crippen molar-refractivity contribution < 1.29 is 0 Å². The third-order valence-electron chi connectivity index (χ3n) is 1.88. The lowest BCUT2D eigenvalue weighted by Gasteiger charge is -2.13. The average Bonchev–Trinajstić information content (AvgIpc) is 1.79. The van der Waals surface area contributed by atoms with E-state index in [-0.39, 0.29) is 0 Å². The molecule has 0 aromatic carbocycles. The summed E-state index contributed by atoms with van der Waals surface area (Å²) in [5, 5.41) is 0. The lowest BCUT2D eigenvalue weighted by molar-refractivity contribution is 0.402. The van der Waals surface area contributed by atoms with Crippen LogP contribution in [0.25, 0.3) is 0 Å². The van der Waals surface area contributed by atoms with Gasteiger partial charge in [-0.25, -0.2) is 0 Å². The second-order valence-electron chi connectivity index (χ2n) is 3.72. The fourth-order valence-corrected chi connectivity index (χ4v) is 1.47. The van der Waals surface area contributed by atoms with Crippen LogP contribution in [0, 0.1) is 5.41 Å². The first-order chi connectivity index (χ1) is 4.01. The van der Waals surface area contributed by atoms with Gasteiger partial charge in [-0.3, -0.25) is 0 Å². The van der Waals surface area contributed by atoms with Gasteiger partial charge in [0.05, 0.1) is 0 Å². The van der Waals surface area contributed by atoms with E-state index in [9.17, 15) is 0 Å². The van der Waals surface area contributed by atoms with Crippen LogP contribution in [0.5, 0.6) is 0 Å². The van der Waals surface area contributed by atoms with Gasteiger partial charge in [0.1, 0.15) is 0 Å². The predicted molar refractivity (Wildman–Crippen MR) is 41.3 cm³/mol. The highest BCUT2D eigenvalue weighted by atomic mass is 14.3. The summed E-state index contributed by atoms with van der Waals surface area (Å²) >= 11 is 0. The molecule has 0 aromatic heterocycles. The van der Waals surface area contributed by atoms with Gasteiger partial charge in [0.2, 0.25) is 0 Å². The normalized spacial score (nSPS) is 25.1. The maximum absolute atomic E-state index is 3.93. The average molecular weight is 122 g/mol. The molecule has 0 aliphatic heterocycles. The molecule has 1 rings (SSSR count). The number of hydrogen-bond acceptors (Lipinski definition) is 0. The zero-order valence-electron chi connectivity index (χ0n) is 6.33. The maximum atomic E-state index is 3.93. The molecule has 0 heteroatoms. The monoisotopic (exact) mass is 122 g/mol. The molecule has 0 heterocycles. The molecule has 0 amide bonds. The van der Waals surface area contributed by atoms with Crippen LogP contribution in [0.4, 0.5) is 0 Å². The molecule has 0 radical (unpaired) electrons. The van der Waals surface area contributed by atoms with Crippen molar-refractivity contribution in [2.45, 2.75) is 26.7 Å². The first-order valence-corrected chi connectivity index (χ1v) is 3.37. The Morgan fingerprint density at radius 3 is 1.56 bits per heavy atom. The molecular weight excluding hydrogens is 108 g/mol. The second kappa shape index (κ2) is 1.73. The molecule has 1 fully saturated rings. The third kappa shape index (κ3) is 1.24. The van der Waals surface area contributed by atoms with Gasteiger partial charge in [-0.15, -0.1) is 0 Å². The van der Waals surface area contributed by atoms with Gasteiger partial charge in [-0.05, 0) is 18.3 Å². The molecule has 0 atom stereocenters. The summed E-state index contributed by atoms with van der Waals surface area (Å²) in [4.78, 5) is 0. The van der Waals surface area contributed by atoms with E-state index < -0.39 is 0 Å². The fraction of sp³-hybridized carbons (Fsp3) is 0.556. The van der Waals surface area contributed by atoms with Crippen LogP contribution >= 0.6 is 0 Å². The first-order valence-electron chi connectivity index (χ1n) is 3.37. The Hall–Kier alpha value is -0.520. The first kappa shape index (κ1) is 6.60. The summed E-state index contributed by atoms with van der Waals surface area (Å²) in [6.07, 6.45) is 2.26. The highest BCUT2D eigenvalue weighted by Crippen LogP contribution is 2.42. The molecule has 0 aromatic rings. The summed E-state index contributed by atoms with van der Waals surface area (Å²) in [6, 6.07) is 0. The van der Waals surface area contributed by atoms with Crippen molar-refractivity contribution in [2.24, 2.45) is 5.41 Å². The van der Waals surface area contributed by atoms with Gasteiger partial charge in [0.25, 0.3) is 0 Å². The predicted octanol–water partition coefficient (Wildman–Crippen LogP) is 2.92. The Kier molecular flexibility index (Phi) is 1.27. The van der Waals surface area contributed by atoms with Crippen molar-refractivity contribution in [3.8, 4) is 0 Å². The van der Waals surface area contributed by atoms with E-state index in [0.29, 0.717) is 5.41 Å². The van der Waals surface area contributed by atoms with Gasteiger partial charge >= 0.3 is 0 Å². The summed E-state index contributed by atoms with van der Waals surface area (Å²) in [6.45, 7) is 12.4. The van der Waals surface area contributed by atoms with E-state index in [1.54, 1.807) is 0 Å². The van der Waals surface area contributed by atoms with Crippen LogP contribution < -0.4 is 0 Å². The molecule has 0 N–H and O–H groups in total. The molecule has 0 unspecified atom stereocenters. The molecule has 1 aliphatic carbocycles.